The maximum atomic E-state index is 12.5. The van der Waals surface area contributed by atoms with E-state index >= 15 is 0 Å². The number of halogens is 2. The van der Waals surface area contributed by atoms with Gasteiger partial charge in [0.2, 0.25) is 0 Å². The van der Waals surface area contributed by atoms with E-state index in [1.807, 2.05) is 0 Å². The summed E-state index contributed by atoms with van der Waals surface area (Å²) >= 11 is -6.95. The van der Waals surface area contributed by atoms with Gasteiger partial charge in [0.1, 0.15) is 0 Å². The van der Waals surface area contributed by atoms with Crippen LogP contribution in [0.3, 0.4) is 0 Å². The Morgan fingerprint density at radius 3 is 1.54 bits per heavy atom. The van der Waals surface area contributed by atoms with Crippen LogP contribution in [0.4, 0.5) is 5.02 Å². The third-order valence-electron chi connectivity index (χ3n) is 1.03. The Balaban J connectivity index is 3.09. The van der Waals surface area contributed by atoms with Crippen molar-refractivity contribution in [1.82, 2.24) is 0 Å². The molecule has 0 saturated carbocycles. The molecule has 0 spiro atoms. The first-order chi connectivity index (χ1) is 5.62. The summed E-state index contributed by atoms with van der Waals surface area (Å²) in [6, 6.07) is 0. The summed E-state index contributed by atoms with van der Waals surface area (Å²) in [7, 11) is -8.91. The van der Waals surface area contributed by atoms with Crippen LogP contribution in [0.15, 0.2) is 0 Å². The standard InChI is InChI=1S/C2H6O6S2.2FH.Pb/c3-9(4,5)1-2-10(6,7)8;;;/h1-2H2,(H,3,4,5)(H,6,7,8);2*1H;/q;;;+4/p-4. The third kappa shape index (κ3) is 3.69. The van der Waals surface area contributed by atoms with E-state index in [4.69, 9.17) is 0 Å². The molecule has 0 aromatic carbocycles. The van der Waals surface area contributed by atoms with E-state index in [9.17, 15) is 21.9 Å². The van der Waals surface area contributed by atoms with Crippen LogP contribution in [-0.2, 0) is 24.5 Å². The Bertz CT molecular complexity index is 358. The van der Waals surface area contributed by atoms with Crippen molar-refractivity contribution in [3.05, 3.63) is 0 Å². The summed E-state index contributed by atoms with van der Waals surface area (Å²) in [4.78, 5) is 0. The Morgan fingerprint density at radius 1 is 0.923 bits per heavy atom. The minimum absolute atomic E-state index is 0.995. The molecule has 1 aliphatic heterocycles. The van der Waals surface area contributed by atoms with Gasteiger partial charge in [0, 0.05) is 0 Å². The van der Waals surface area contributed by atoms with Crippen LogP contribution in [0.25, 0.3) is 0 Å². The Hall–Kier alpha value is 0.602. The number of hydrogen-bond acceptors (Lipinski definition) is 6. The molecule has 0 aromatic heterocycles. The van der Waals surface area contributed by atoms with Crippen LogP contribution in [-0.4, -0.2) is 51.7 Å². The molecule has 6 nitrogen and oxygen atoms in total. The molecule has 0 aliphatic carbocycles. The average Bonchev–Trinajstić information content (AvgIpc) is 1.83. The van der Waals surface area contributed by atoms with E-state index in [-0.39, 0.29) is 0 Å². The number of hydrogen-bond donors (Lipinski definition) is 0. The van der Waals surface area contributed by atoms with Crippen molar-refractivity contribution in [2.45, 2.75) is 0 Å². The fourth-order valence-corrected chi connectivity index (χ4v) is 12.9. The maximum absolute atomic E-state index is 12.5. The Kier molecular flexibility index (Phi) is 2.98. The van der Waals surface area contributed by atoms with Gasteiger partial charge in [0.05, 0.1) is 0 Å². The molecular weight excluding hydrogens is 429 g/mol. The summed E-state index contributed by atoms with van der Waals surface area (Å²) in [6.45, 7) is 0. The second-order valence-corrected chi connectivity index (χ2v) is 13.0. The Morgan fingerprint density at radius 2 is 1.23 bits per heavy atom. The van der Waals surface area contributed by atoms with Crippen molar-refractivity contribution >= 4 is 43.6 Å². The Labute approximate surface area is 80.9 Å². The molecule has 13 heavy (non-hydrogen) atoms. The molecule has 78 valence electrons. The second-order valence-electron chi connectivity index (χ2n) is 2.15. The van der Waals surface area contributed by atoms with Gasteiger partial charge in [-0.05, 0) is 0 Å². The molecule has 0 unspecified atom stereocenters. The van der Waals surface area contributed by atoms with Crippen LogP contribution in [0.2, 0.25) is 0 Å². The summed E-state index contributed by atoms with van der Waals surface area (Å²) in [6.07, 6.45) is 0. The van der Waals surface area contributed by atoms with Crippen molar-refractivity contribution in [3.63, 3.8) is 0 Å². The van der Waals surface area contributed by atoms with Crippen LogP contribution < -0.4 is 0 Å². The molecule has 0 atom stereocenters. The zero-order valence-corrected chi connectivity index (χ0v) is 11.5. The van der Waals surface area contributed by atoms with Crippen LogP contribution in [0, 0.1) is 0 Å². The van der Waals surface area contributed by atoms with Crippen molar-refractivity contribution in [1.29, 1.82) is 0 Å². The van der Waals surface area contributed by atoms with E-state index in [1.165, 1.54) is 0 Å². The van der Waals surface area contributed by atoms with Crippen molar-refractivity contribution < 1.29 is 26.1 Å². The van der Waals surface area contributed by atoms with Gasteiger partial charge in [-0.2, -0.15) is 0 Å². The third-order valence-corrected chi connectivity index (χ3v) is 14.0. The molecule has 0 amide bonds. The molecule has 0 radical (unpaired) electrons. The van der Waals surface area contributed by atoms with Gasteiger partial charge in [-0.1, -0.05) is 0 Å². The van der Waals surface area contributed by atoms with Gasteiger partial charge < -0.3 is 0 Å². The predicted octanol–water partition coefficient (Wildman–Crippen LogP) is -0.933. The van der Waals surface area contributed by atoms with E-state index in [1.54, 1.807) is 0 Å². The van der Waals surface area contributed by atoms with Gasteiger partial charge in [-0.3, -0.25) is 0 Å². The fourth-order valence-electron chi connectivity index (χ4n) is 0.597. The fraction of sp³-hybridized carbons (Fsp3) is 1.00. The molecule has 1 rings (SSSR count). The first kappa shape index (κ1) is 11.7. The van der Waals surface area contributed by atoms with Crippen molar-refractivity contribution in [2.75, 3.05) is 11.5 Å². The van der Waals surface area contributed by atoms with Gasteiger partial charge in [0.25, 0.3) is 0 Å². The summed E-state index contributed by atoms with van der Waals surface area (Å²) in [5.41, 5.74) is 0. The van der Waals surface area contributed by atoms with Crippen LogP contribution in [0.1, 0.15) is 0 Å². The van der Waals surface area contributed by atoms with Crippen molar-refractivity contribution in [3.8, 4) is 0 Å². The molecule has 11 heteroatoms. The molecular formula is C2H4F2O6PbS2. The second kappa shape index (κ2) is 3.32. The molecule has 1 saturated heterocycles. The zero-order valence-electron chi connectivity index (χ0n) is 5.94. The normalized spacial score (nSPS) is 30.6. The average molecular weight is 433 g/mol. The van der Waals surface area contributed by atoms with Crippen LogP contribution in [0.5, 0.6) is 0 Å². The molecule has 0 bridgehead atoms. The molecule has 0 N–H and O–H groups in total. The topological polar surface area (TPSA) is 86.7 Å². The van der Waals surface area contributed by atoms with Gasteiger partial charge in [0.15, 0.2) is 0 Å². The van der Waals surface area contributed by atoms with Gasteiger partial charge >= 0.3 is 81.2 Å². The SMILES string of the molecule is O=S1(=O)CCS(=O)(=O)[O][Pb]([F])([F])[O]1. The van der Waals surface area contributed by atoms with E-state index in [2.05, 4.69) is 4.27 Å². The van der Waals surface area contributed by atoms with Gasteiger partial charge in [-0.25, -0.2) is 0 Å². The predicted molar refractivity (Wildman–Crippen MR) is 37.7 cm³/mol. The first-order valence-corrected chi connectivity index (χ1v) is 12.1. The zero-order chi connectivity index (χ0) is 10.3. The monoisotopic (exact) mass is 434 g/mol. The molecule has 0 aromatic rings. The number of rotatable bonds is 0. The van der Waals surface area contributed by atoms with E-state index in [0.717, 1.165) is 0 Å². The quantitative estimate of drug-likeness (QED) is 0.459. The van der Waals surface area contributed by atoms with Crippen LogP contribution >= 0.6 is 0 Å². The van der Waals surface area contributed by atoms with E-state index in [0.29, 0.717) is 0 Å². The summed E-state index contributed by atoms with van der Waals surface area (Å²) < 4.78 is 74.0. The molecule has 1 aliphatic rings. The first-order valence-electron chi connectivity index (χ1n) is 2.86. The van der Waals surface area contributed by atoms with Gasteiger partial charge in [-0.15, -0.1) is 0 Å². The van der Waals surface area contributed by atoms with E-state index < -0.39 is 55.1 Å². The summed E-state index contributed by atoms with van der Waals surface area (Å²) in [5.74, 6) is -1.99. The molecule has 1 heterocycles. The van der Waals surface area contributed by atoms with Crippen molar-refractivity contribution in [2.24, 2.45) is 0 Å². The summed E-state index contributed by atoms with van der Waals surface area (Å²) in [5, 5.41) is 0. The molecule has 1 fully saturated rings. The minimum atomic E-state index is -6.95.